The lowest BCUT2D eigenvalue weighted by atomic mass is 9.93. The van der Waals surface area contributed by atoms with Crippen molar-refractivity contribution in [2.45, 2.75) is 109 Å². The molecule has 0 bridgehead atoms. The zero-order chi connectivity index (χ0) is 18.9. The van der Waals surface area contributed by atoms with Crippen LogP contribution in [0.4, 0.5) is 4.79 Å². The van der Waals surface area contributed by atoms with E-state index in [4.69, 9.17) is 19.9 Å². The predicted octanol–water partition coefficient (Wildman–Crippen LogP) is 4.85. The van der Waals surface area contributed by atoms with Crippen molar-refractivity contribution >= 4 is 30.9 Å². The molecule has 2 fully saturated rings. The molecule has 172 valence electrons. The number of nitrogens with one attached hydrogen (secondary N) is 1. The Morgan fingerprint density at radius 3 is 1.61 bits per heavy atom. The third kappa shape index (κ3) is 14.7. The topological polar surface area (TPSA) is 82.8 Å². The van der Waals surface area contributed by atoms with E-state index < -0.39 is 5.60 Å². The fourth-order valence-corrected chi connectivity index (χ4v) is 3.24. The highest BCUT2D eigenvalue weighted by Crippen LogP contribution is 2.21. The largest absolute Gasteiger partial charge is 0.444 e. The molecule has 2 aliphatic carbocycles. The van der Waals surface area contributed by atoms with E-state index in [0.29, 0.717) is 18.2 Å². The maximum atomic E-state index is 11.5. The summed E-state index contributed by atoms with van der Waals surface area (Å²) < 4.78 is 15.7. The van der Waals surface area contributed by atoms with Crippen LogP contribution in [0.2, 0.25) is 0 Å². The lowest BCUT2D eigenvalue weighted by molar-refractivity contribution is 0.0401. The summed E-state index contributed by atoms with van der Waals surface area (Å²) in [6, 6.07) is 0.678. The Morgan fingerprint density at radius 1 is 0.857 bits per heavy atom. The second-order valence-electron chi connectivity index (χ2n) is 8.13. The van der Waals surface area contributed by atoms with E-state index in [1.807, 2.05) is 20.8 Å². The van der Waals surface area contributed by atoms with Crippen molar-refractivity contribution in [3.8, 4) is 0 Å². The Morgan fingerprint density at radius 2 is 1.25 bits per heavy atom. The van der Waals surface area contributed by atoms with Crippen LogP contribution in [0.1, 0.15) is 79.6 Å². The Labute approximate surface area is 184 Å². The molecule has 0 aromatic heterocycles. The van der Waals surface area contributed by atoms with Crippen molar-refractivity contribution in [2.24, 2.45) is 5.73 Å². The molecule has 0 aliphatic heterocycles. The molecule has 0 aromatic rings. The van der Waals surface area contributed by atoms with Gasteiger partial charge in [-0.3, -0.25) is 0 Å². The number of alkyl carbamates (subject to hydrolysis) is 1. The van der Waals surface area contributed by atoms with Crippen molar-refractivity contribution in [1.82, 2.24) is 5.32 Å². The van der Waals surface area contributed by atoms with Crippen LogP contribution < -0.4 is 11.1 Å². The van der Waals surface area contributed by atoms with E-state index in [1.54, 1.807) is 14.2 Å². The van der Waals surface area contributed by atoms with Gasteiger partial charge in [-0.2, -0.15) is 0 Å². The standard InChI is InChI=1S/C12H23NO3.C7H15NO.CH4.2ClH/c1-12(2,3)16-11(14)13-9-5-7-10(15-4)8-6-9;1-9-7-4-2-6(8)3-5-7;;;/h9-10H,5-8H2,1-4H3,(H,13,14);6-7H,2-5,8H2,1H3;1H4;2*1H. The van der Waals surface area contributed by atoms with Gasteiger partial charge in [-0.15, -0.1) is 24.8 Å². The van der Waals surface area contributed by atoms with Gasteiger partial charge in [0, 0.05) is 26.3 Å². The van der Waals surface area contributed by atoms with Crippen LogP contribution in [0, 0.1) is 0 Å². The molecular weight excluding hydrogens is 403 g/mol. The summed E-state index contributed by atoms with van der Waals surface area (Å²) in [6.45, 7) is 5.61. The first-order valence-corrected chi connectivity index (χ1v) is 9.54. The Bertz CT molecular complexity index is 379. The molecule has 0 spiro atoms. The summed E-state index contributed by atoms with van der Waals surface area (Å²) in [6.07, 6.45) is 9.07. The molecular formula is C20H44Cl2N2O4. The minimum Gasteiger partial charge on any atom is -0.444 e. The van der Waals surface area contributed by atoms with E-state index in [1.165, 1.54) is 0 Å². The van der Waals surface area contributed by atoms with Gasteiger partial charge in [0.1, 0.15) is 5.60 Å². The second-order valence-corrected chi connectivity index (χ2v) is 8.13. The maximum absolute atomic E-state index is 11.5. The molecule has 2 aliphatic rings. The molecule has 0 atom stereocenters. The number of carbonyl (C=O) groups is 1. The van der Waals surface area contributed by atoms with Crippen LogP contribution in [0.25, 0.3) is 0 Å². The van der Waals surface area contributed by atoms with E-state index in [2.05, 4.69) is 5.32 Å². The van der Waals surface area contributed by atoms with Crippen LogP contribution >= 0.6 is 24.8 Å². The summed E-state index contributed by atoms with van der Waals surface area (Å²) >= 11 is 0. The molecule has 0 heterocycles. The van der Waals surface area contributed by atoms with Crippen LogP contribution in [-0.4, -0.2) is 50.2 Å². The van der Waals surface area contributed by atoms with E-state index in [-0.39, 0.29) is 44.4 Å². The summed E-state index contributed by atoms with van der Waals surface area (Å²) in [7, 11) is 3.52. The van der Waals surface area contributed by atoms with Crippen LogP contribution in [0.5, 0.6) is 0 Å². The van der Waals surface area contributed by atoms with Gasteiger partial charge in [0.15, 0.2) is 0 Å². The summed E-state index contributed by atoms with van der Waals surface area (Å²) in [5.41, 5.74) is 5.27. The fourth-order valence-electron chi connectivity index (χ4n) is 3.24. The molecule has 6 nitrogen and oxygen atoms in total. The molecule has 0 saturated heterocycles. The second kappa shape index (κ2) is 16.5. The van der Waals surface area contributed by atoms with E-state index in [0.717, 1.165) is 51.4 Å². The quantitative estimate of drug-likeness (QED) is 0.646. The third-order valence-corrected chi connectivity index (χ3v) is 4.78. The zero-order valence-electron chi connectivity index (χ0n) is 17.5. The highest BCUT2D eigenvalue weighted by molar-refractivity contribution is 5.85. The summed E-state index contributed by atoms with van der Waals surface area (Å²) in [4.78, 5) is 11.5. The van der Waals surface area contributed by atoms with Gasteiger partial charge in [-0.25, -0.2) is 4.79 Å². The van der Waals surface area contributed by atoms with Gasteiger partial charge in [-0.1, -0.05) is 7.43 Å². The fraction of sp³-hybridized carbons (Fsp3) is 0.950. The lowest BCUT2D eigenvalue weighted by Gasteiger charge is -2.29. The monoisotopic (exact) mass is 446 g/mol. The molecule has 3 N–H and O–H groups in total. The first kappa shape index (κ1) is 32.4. The Balaban J connectivity index is -0.000000452. The Kier molecular flexibility index (Phi) is 19.1. The van der Waals surface area contributed by atoms with Gasteiger partial charge < -0.3 is 25.3 Å². The van der Waals surface area contributed by atoms with Crippen LogP contribution in [-0.2, 0) is 14.2 Å². The van der Waals surface area contributed by atoms with Crippen LogP contribution in [0.15, 0.2) is 0 Å². The SMILES string of the molecule is C.COC1CCC(N)CC1.COC1CCC(NC(=O)OC(C)(C)C)CC1.Cl.Cl. The van der Waals surface area contributed by atoms with Gasteiger partial charge >= 0.3 is 6.09 Å². The van der Waals surface area contributed by atoms with Crippen molar-refractivity contribution < 1.29 is 19.0 Å². The van der Waals surface area contributed by atoms with Crippen molar-refractivity contribution in [2.75, 3.05) is 14.2 Å². The zero-order valence-corrected chi connectivity index (χ0v) is 19.1. The van der Waals surface area contributed by atoms with Crippen molar-refractivity contribution in [3.05, 3.63) is 0 Å². The number of amides is 1. The molecule has 0 aromatic carbocycles. The number of rotatable bonds is 3. The molecule has 0 radical (unpaired) electrons. The minimum atomic E-state index is -0.423. The first-order valence-electron chi connectivity index (χ1n) is 9.54. The number of halogens is 2. The molecule has 28 heavy (non-hydrogen) atoms. The van der Waals surface area contributed by atoms with Gasteiger partial charge in [0.25, 0.3) is 0 Å². The molecule has 0 unspecified atom stereocenters. The number of methoxy groups -OCH3 is 2. The molecule has 2 saturated carbocycles. The van der Waals surface area contributed by atoms with E-state index >= 15 is 0 Å². The molecule has 8 heteroatoms. The average molecular weight is 447 g/mol. The normalized spacial score (nSPS) is 26.8. The molecule has 1 amide bonds. The smallest absolute Gasteiger partial charge is 0.407 e. The van der Waals surface area contributed by atoms with E-state index in [9.17, 15) is 4.79 Å². The lowest BCUT2D eigenvalue weighted by Crippen LogP contribution is -2.41. The number of hydrogen-bond acceptors (Lipinski definition) is 5. The first-order chi connectivity index (χ1) is 11.7. The Hall–Kier alpha value is -0.270. The van der Waals surface area contributed by atoms with Gasteiger partial charge in [0.2, 0.25) is 0 Å². The summed E-state index contributed by atoms with van der Waals surface area (Å²) in [5, 5.41) is 2.90. The number of hydrogen-bond donors (Lipinski definition) is 2. The van der Waals surface area contributed by atoms with Crippen molar-refractivity contribution in [3.63, 3.8) is 0 Å². The van der Waals surface area contributed by atoms with Gasteiger partial charge in [0.05, 0.1) is 12.2 Å². The average Bonchev–Trinajstić information content (AvgIpc) is 2.55. The predicted molar refractivity (Wildman–Crippen MR) is 121 cm³/mol. The number of nitrogens with two attached hydrogens (primary N) is 1. The summed E-state index contributed by atoms with van der Waals surface area (Å²) in [5.74, 6) is 0. The van der Waals surface area contributed by atoms with Crippen LogP contribution in [0.3, 0.4) is 0 Å². The minimum absolute atomic E-state index is 0. The maximum Gasteiger partial charge on any atom is 0.407 e. The molecule has 2 rings (SSSR count). The highest BCUT2D eigenvalue weighted by Gasteiger charge is 2.24. The van der Waals surface area contributed by atoms with Gasteiger partial charge in [-0.05, 0) is 72.1 Å². The number of carbonyl (C=O) groups excluding carboxylic acids is 1. The number of ether oxygens (including phenoxy) is 3. The van der Waals surface area contributed by atoms with Crippen molar-refractivity contribution in [1.29, 1.82) is 0 Å². The highest BCUT2D eigenvalue weighted by atomic mass is 35.5. The third-order valence-electron chi connectivity index (χ3n) is 4.78.